The van der Waals surface area contributed by atoms with Crippen LogP contribution in [0.2, 0.25) is 0 Å². The van der Waals surface area contributed by atoms with E-state index in [1.54, 1.807) is 0 Å². The molecule has 1 saturated heterocycles. The number of esters is 1. The minimum Gasteiger partial charge on any atom is -0.464 e. The number of ether oxygens (including phenoxy) is 3. The Morgan fingerprint density at radius 3 is 2.67 bits per heavy atom. The van der Waals surface area contributed by atoms with Gasteiger partial charge in [-0.1, -0.05) is 37.3 Å². The Hall–Kier alpha value is -1.39. The fourth-order valence-corrected chi connectivity index (χ4v) is 2.59. The van der Waals surface area contributed by atoms with E-state index in [9.17, 15) is 4.79 Å². The van der Waals surface area contributed by atoms with E-state index >= 15 is 0 Å². The molecule has 1 aliphatic rings. The molecule has 4 nitrogen and oxygen atoms in total. The lowest BCUT2D eigenvalue weighted by molar-refractivity contribution is -0.150. The Morgan fingerprint density at radius 2 is 2.05 bits per heavy atom. The Kier molecular flexibility index (Phi) is 5.76. The molecule has 1 fully saturated rings. The van der Waals surface area contributed by atoms with E-state index in [2.05, 4.69) is 0 Å². The van der Waals surface area contributed by atoms with Crippen LogP contribution in [0.3, 0.4) is 0 Å². The van der Waals surface area contributed by atoms with Gasteiger partial charge in [-0.3, -0.25) is 0 Å². The summed E-state index contributed by atoms with van der Waals surface area (Å²) >= 11 is 0. The number of rotatable bonds is 9. The van der Waals surface area contributed by atoms with Gasteiger partial charge in [-0.15, -0.1) is 0 Å². The lowest BCUT2D eigenvalue weighted by Gasteiger charge is -2.12. The molecule has 0 radical (unpaired) electrons. The molecule has 1 aliphatic heterocycles. The topological polar surface area (TPSA) is 48.1 Å². The van der Waals surface area contributed by atoms with Crippen LogP contribution in [0, 0.1) is 0 Å². The molecule has 1 aromatic rings. The van der Waals surface area contributed by atoms with Crippen LogP contribution >= 0.6 is 0 Å². The van der Waals surface area contributed by atoms with Crippen LogP contribution in [0.1, 0.15) is 38.7 Å². The zero-order chi connectivity index (χ0) is 15.1. The summed E-state index contributed by atoms with van der Waals surface area (Å²) in [4.78, 5) is 12.0. The second-order valence-electron chi connectivity index (χ2n) is 5.27. The average molecular weight is 292 g/mol. The van der Waals surface area contributed by atoms with Crippen LogP contribution in [-0.2, 0) is 25.6 Å². The van der Waals surface area contributed by atoms with Crippen LogP contribution in [0.25, 0.3) is 0 Å². The van der Waals surface area contributed by atoms with Gasteiger partial charge in [0.25, 0.3) is 0 Å². The quantitative estimate of drug-likeness (QED) is 0.399. The molecule has 2 rings (SSSR count). The molecule has 1 heterocycles. The van der Waals surface area contributed by atoms with Crippen LogP contribution in [0.15, 0.2) is 30.3 Å². The van der Waals surface area contributed by atoms with Crippen LogP contribution in [0.5, 0.6) is 0 Å². The molecule has 0 saturated carbocycles. The number of hydrogen-bond acceptors (Lipinski definition) is 4. The van der Waals surface area contributed by atoms with E-state index in [0.29, 0.717) is 26.2 Å². The summed E-state index contributed by atoms with van der Waals surface area (Å²) in [5, 5.41) is 0. The van der Waals surface area contributed by atoms with Crippen molar-refractivity contribution < 1.29 is 19.0 Å². The van der Waals surface area contributed by atoms with Crippen molar-refractivity contribution in [1.29, 1.82) is 0 Å². The second-order valence-corrected chi connectivity index (χ2v) is 5.27. The van der Waals surface area contributed by atoms with Gasteiger partial charge in [-0.25, -0.2) is 4.79 Å². The van der Waals surface area contributed by atoms with Crippen molar-refractivity contribution in [3.63, 3.8) is 0 Å². The fraction of sp³-hybridized carbons (Fsp3) is 0.588. The van der Waals surface area contributed by atoms with Crippen molar-refractivity contribution in [2.45, 2.75) is 51.4 Å². The lowest BCUT2D eigenvalue weighted by atomic mass is 9.98. The van der Waals surface area contributed by atoms with Gasteiger partial charge >= 0.3 is 5.97 Å². The van der Waals surface area contributed by atoms with E-state index in [1.165, 1.54) is 0 Å². The van der Waals surface area contributed by atoms with E-state index in [4.69, 9.17) is 14.2 Å². The maximum Gasteiger partial charge on any atom is 0.341 e. The smallest absolute Gasteiger partial charge is 0.341 e. The maximum atomic E-state index is 12.0. The molecule has 0 spiro atoms. The van der Waals surface area contributed by atoms with Gasteiger partial charge in [0.15, 0.2) is 5.60 Å². The highest BCUT2D eigenvalue weighted by Gasteiger charge is 2.61. The molecular weight excluding hydrogens is 268 g/mol. The molecule has 116 valence electrons. The summed E-state index contributed by atoms with van der Waals surface area (Å²) in [6, 6.07) is 10.1. The standard InChI is InChI=1S/C17H24O4/c1-3-15-17(21-15,16(18)20-4-2)11-8-12-19-13-14-9-6-5-7-10-14/h5-7,9-10,15H,3-4,8,11-13H2,1-2H3. The number of hydrogen-bond donors (Lipinski definition) is 0. The molecule has 2 atom stereocenters. The van der Waals surface area contributed by atoms with Gasteiger partial charge in [-0.2, -0.15) is 0 Å². The predicted octanol–water partition coefficient (Wildman–Crippen LogP) is 3.09. The molecule has 1 aromatic carbocycles. The van der Waals surface area contributed by atoms with Gasteiger partial charge in [0.05, 0.1) is 19.3 Å². The largest absolute Gasteiger partial charge is 0.464 e. The Morgan fingerprint density at radius 1 is 1.29 bits per heavy atom. The highest BCUT2D eigenvalue weighted by atomic mass is 16.7. The first-order chi connectivity index (χ1) is 10.2. The molecule has 0 amide bonds. The first-order valence-corrected chi connectivity index (χ1v) is 7.69. The normalized spacial score (nSPS) is 23.8. The first-order valence-electron chi connectivity index (χ1n) is 7.69. The number of epoxide rings is 1. The molecule has 21 heavy (non-hydrogen) atoms. The third-order valence-electron chi connectivity index (χ3n) is 3.76. The van der Waals surface area contributed by atoms with Crippen molar-refractivity contribution >= 4 is 5.97 Å². The molecule has 0 aliphatic carbocycles. The SMILES string of the molecule is CCOC(=O)C1(CCCOCc2ccccc2)OC1CC. The Balaban J connectivity index is 1.70. The Labute approximate surface area is 126 Å². The number of benzene rings is 1. The molecule has 2 unspecified atom stereocenters. The molecular formula is C17H24O4. The highest BCUT2D eigenvalue weighted by molar-refractivity contribution is 5.83. The van der Waals surface area contributed by atoms with E-state index < -0.39 is 5.60 Å². The summed E-state index contributed by atoms with van der Waals surface area (Å²) in [7, 11) is 0. The van der Waals surface area contributed by atoms with Gasteiger partial charge in [0, 0.05) is 6.61 Å². The highest BCUT2D eigenvalue weighted by Crippen LogP contribution is 2.43. The van der Waals surface area contributed by atoms with Crippen LogP contribution < -0.4 is 0 Å². The number of carbonyl (C=O) groups is 1. The summed E-state index contributed by atoms with van der Waals surface area (Å²) in [5.74, 6) is -0.222. The summed E-state index contributed by atoms with van der Waals surface area (Å²) < 4.78 is 16.4. The van der Waals surface area contributed by atoms with Gasteiger partial charge in [0.2, 0.25) is 0 Å². The van der Waals surface area contributed by atoms with Gasteiger partial charge in [-0.05, 0) is 31.7 Å². The summed E-state index contributed by atoms with van der Waals surface area (Å²) in [6.07, 6.45) is 2.30. The predicted molar refractivity (Wildman–Crippen MR) is 79.9 cm³/mol. The zero-order valence-corrected chi connectivity index (χ0v) is 12.8. The Bertz CT molecular complexity index is 445. The van der Waals surface area contributed by atoms with E-state index in [1.807, 2.05) is 44.2 Å². The van der Waals surface area contributed by atoms with Crippen molar-refractivity contribution in [2.75, 3.05) is 13.2 Å². The first kappa shape index (κ1) is 16.0. The number of carbonyl (C=O) groups excluding carboxylic acids is 1. The van der Waals surface area contributed by atoms with Gasteiger partial charge in [0.1, 0.15) is 0 Å². The fourth-order valence-electron chi connectivity index (χ4n) is 2.59. The van der Waals surface area contributed by atoms with E-state index in [-0.39, 0.29) is 12.1 Å². The van der Waals surface area contributed by atoms with E-state index in [0.717, 1.165) is 18.4 Å². The molecule has 4 heteroatoms. The van der Waals surface area contributed by atoms with Crippen LogP contribution in [0.4, 0.5) is 0 Å². The zero-order valence-electron chi connectivity index (χ0n) is 12.8. The lowest BCUT2D eigenvalue weighted by Crippen LogP contribution is -2.30. The minimum atomic E-state index is -0.707. The monoisotopic (exact) mass is 292 g/mol. The second kappa shape index (κ2) is 7.57. The van der Waals surface area contributed by atoms with Crippen molar-refractivity contribution in [2.24, 2.45) is 0 Å². The molecule has 0 bridgehead atoms. The van der Waals surface area contributed by atoms with Crippen LogP contribution in [-0.4, -0.2) is 30.9 Å². The van der Waals surface area contributed by atoms with Gasteiger partial charge < -0.3 is 14.2 Å². The van der Waals surface area contributed by atoms with Crippen molar-refractivity contribution in [1.82, 2.24) is 0 Å². The third-order valence-corrected chi connectivity index (χ3v) is 3.76. The minimum absolute atomic E-state index is 0.00525. The molecule has 0 N–H and O–H groups in total. The molecule has 0 aromatic heterocycles. The average Bonchev–Trinajstić information content (AvgIpc) is 3.23. The van der Waals surface area contributed by atoms with Crippen molar-refractivity contribution in [3.05, 3.63) is 35.9 Å². The summed E-state index contributed by atoms with van der Waals surface area (Å²) in [6.45, 7) is 5.46. The van der Waals surface area contributed by atoms with Crippen molar-refractivity contribution in [3.8, 4) is 0 Å². The third kappa shape index (κ3) is 4.05. The maximum absolute atomic E-state index is 12.0. The summed E-state index contributed by atoms with van der Waals surface area (Å²) in [5.41, 5.74) is 0.452.